The second-order valence-electron chi connectivity index (χ2n) is 1.89. The van der Waals surface area contributed by atoms with E-state index in [9.17, 15) is 13.2 Å². The van der Waals surface area contributed by atoms with Crippen LogP contribution in [0.5, 0.6) is 0 Å². The predicted molar refractivity (Wildman–Crippen MR) is 38.7 cm³/mol. The Labute approximate surface area is 67.1 Å². The van der Waals surface area contributed by atoms with Crippen molar-refractivity contribution in [1.29, 1.82) is 0 Å². The largest absolute Gasteiger partial charge is 0.397 e. The summed E-state index contributed by atoms with van der Waals surface area (Å²) in [4.78, 5) is 0. The topological polar surface area (TPSA) is 0 Å². The van der Waals surface area contributed by atoms with Crippen LogP contribution in [0.2, 0.25) is 0 Å². The molecule has 0 bridgehead atoms. The predicted octanol–water partition coefficient (Wildman–Crippen LogP) is 2.91. The van der Waals surface area contributed by atoms with Crippen LogP contribution in [-0.4, -0.2) is 23.1 Å². The number of rotatable bonds is 3. The Kier molecular flexibility index (Phi) is 4.52. The van der Waals surface area contributed by atoms with Crippen LogP contribution in [0.1, 0.15) is 6.92 Å². The molecule has 5 heteroatoms. The summed E-state index contributed by atoms with van der Waals surface area (Å²) in [7, 11) is 0. The zero-order valence-corrected chi connectivity index (χ0v) is 6.98. The molecule has 62 valence electrons. The van der Waals surface area contributed by atoms with E-state index in [1.54, 1.807) is 6.92 Å². The minimum absolute atomic E-state index is 0.122. The lowest BCUT2D eigenvalue weighted by molar-refractivity contribution is -0.105. The van der Waals surface area contributed by atoms with Gasteiger partial charge in [0.25, 0.3) is 0 Å². The van der Waals surface area contributed by atoms with Gasteiger partial charge in [-0.1, -0.05) is 6.92 Å². The van der Waals surface area contributed by atoms with E-state index < -0.39 is 11.9 Å². The molecule has 0 N–H and O–H groups in total. The van der Waals surface area contributed by atoms with Crippen molar-refractivity contribution in [2.24, 2.45) is 0 Å². The molecule has 0 aliphatic rings. The smallest absolute Gasteiger partial charge is 0.170 e. The van der Waals surface area contributed by atoms with Crippen molar-refractivity contribution in [2.75, 3.05) is 11.6 Å². The normalized spacial score (nSPS) is 15.3. The number of alkyl halides is 4. The van der Waals surface area contributed by atoms with E-state index in [2.05, 4.69) is 0 Å². The highest BCUT2D eigenvalue weighted by Crippen LogP contribution is 2.24. The molecule has 0 saturated carbocycles. The lowest BCUT2D eigenvalue weighted by Gasteiger charge is -2.08. The van der Waals surface area contributed by atoms with Crippen LogP contribution in [0.25, 0.3) is 0 Å². The summed E-state index contributed by atoms with van der Waals surface area (Å²) < 4.78 is 34.5. The zero-order valence-electron chi connectivity index (χ0n) is 5.41. The molecule has 1 atom stereocenters. The van der Waals surface area contributed by atoms with E-state index in [1.165, 1.54) is 0 Å². The summed E-state index contributed by atoms with van der Waals surface area (Å²) in [6, 6.07) is 0. The Hall–Kier alpha value is 0.430. The summed E-state index contributed by atoms with van der Waals surface area (Å²) in [5.41, 5.74) is 0. The fraction of sp³-hybridized carbons (Fsp3) is 1.00. The molecule has 10 heavy (non-hydrogen) atoms. The maximum atomic E-state index is 11.5. The molecule has 0 nitrogen and oxygen atoms in total. The van der Waals surface area contributed by atoms with Gasteiger partial charge in [0.1, 0.15) is 0 Å². The van der Waals surface area contributed by atoms with E-state index in [4.69, 9.17) is 11.6 Å². The van der Waals surface area contributed by atoms with Crippen LogP contribution in [0, 0.1) is 0 Å². The van der Waals surface area contributed by atoms with Crippen LogP contribution in [0.3, 0.4) is 0 Å². The highest BCUT2D eigenvalue weighted by atomic mass is 35.5. The number of halogens is 4. The van der Waals surface area contributed by atoms with Gasteiger partial charge >= 0.3 is 6.18 Å². The molecule has 0 aliphatic heterocycles. The van der Waals surface area contributed by atoms with Crippen LogP contribution in [-0.2, 0) is 0 Å². The summed E-state index contributed by atoms with van der Waals surface area (Å²) in [6.07, 6.45) is -4.06. The molecule has 0 amide bonds. The van der Waals surface area contributed by atoms with Crippen LogP contribution in [0.15, 0.2) is 0 Å². The number of thioether (sulfide) groups is 1. The van der Waals surface area contributed by atoms with Crippen molar-refractivity contribution in [3.05, 3.63) is 0 Å². The third-order valence-corrected chi connectivity index (χ3v) is 2.62. The van der Waals surface area contributed by atoms with Crippen LogP contribution in [0.4, 0.5) is 13.2 Å². The third kappa shape index (κ3) is 6.55. The minimum Gasteiger partial charge on any atom is -0.170 e. The zero-order chi connectivity index (χ0) is 8.20. The Morgan fingerprint density at radius 2 is 2.00 bits per heavy atom. The van der Waals surface area contributed by atoms with Gasteiger partial charge in [0.2, 0.25) is 0 Å². The summed E-state index contributed by atoms with van der Waals surface area (Å²) in [6.45, 7) is 1.67. The molecule has 0 radical (unpaired) electrons. The SMILES string of the molecule is CC(CCl)SCC(F)(F)F. The van der Waals surface area contributed by atoms with Crippen molar-refractivity contribution in [3.63, 3.8) is 0 Å². The van der Waals surface area contributed by atoms with Crippen molar-refractivity contribution in [1.82, 2.24) is 0 Å². The third-order valence-electron chi connectivity index (χ3n) is 0.749. The van der Waals surface area contributed by atoms with Gasteiger partial charge < -0.3 is 0 Å². The van der Waals surface area contributed by atoms with E-state index >= 15 is 0 Å². The van der Waals surface area contributed by atoms with Crippen LogP contribution < -0.4 is 0 Å². The molecule has 1 unspecified atom stereocenters. The summed E-state index contributed by atoms with van der Waals surface area (Å²) >= 11 is 6.12. The van der Waals surface area contributed by atoms with E-state index in [0.29, 0.717) is 0 Å². The maximum Gasteiger partial charge on any atom is 0.397 e. The standard InChI is InChI=1S/C5H8ClF3S/c1-4(2-6)10-3-5(7,8)9/h4H,2-3H2,1H3. The monoisotopic (exact) mass is 192 g/mol. The Balaban J connectivity index is 3.36. The first-order valence-electron chi connectivity index (χ1n) is 2.70. The summed E-state index contributed by atoms with van der Waals surface area (Å²) in [5.74, 6) is -0.540. The molecule has 0 rings (SSSR count). The first-order chi connectivity index (χ1) is 4.45. The molecule has 0 aromatic heterocycles. The van der Waals surface area contributed by atoms with Gasteiger partial charge in [-0.05, 0) is 0 Å². The Bertz CT molecular complexity index is 93.4. The highest BCUT2D eigenvalue weighted by molar-refractivity contribution is 8.00. The molecule has 0 saturated heterocycles. The maximum absolute atomic E-state index is 11.5. The van der Waals surface area contributed by atoms with Gasteiger partial charge in [-0.3, -0.25) is 0 Å². The van der Waals surface area contributed by atoms with Gasteiger partial charge in [0, 0.05) is 11.1 Å². The molecular weight excluding hydrogens is 185 g/mol. The Morgan fingerprint density at radius 1 is 1.50 bits per heavy atom. The second-order valence-corrected chi connectivity index (χ2v) is 3.63. The molecular formula is C5H8ClF3S. The fourth-order valence-electron chi connectivity index (χ4n) is 0.281. The first-order valence-corrected chi connectivity index (χ1v) is 4.28. The van der Waals surface area contributed by atoms with Crippen molar-refractivity contribution >= 4 is 23.4 Å². The van der Waals surface area contributed by atoms with Gasteiger partial charge in [0.05, 0.1) is 5.75 Å². The van der Waals surface area contributed by atoms with Crippen LogP contribution >= 0.6 is 23.4 Å². The summed E-state index contributed by atoms with van der Waals surface area (Å²) in [5, 5.41) is -0.122. The fourth-order valence-corrected chi connectivity index (χ4v) is 1.11. The quantitative estimate of drug-likeness (QED) is 0.620. The molecule has 0 spiro atoms. The van der Waals surface area contributed by atoms with Gasteiger partial charge in [0.15, 0.2) is 0 Å². The Morgan fingerprint density at radius 3 is 2.30 bits per heavy atom. The molecule has 0 fully saturated rings. The van der Waals surface area contributed by atoms with Crippen molar-refractivity contribution in [3.8, 4) is 0 Å². The lowest BCUT2D eigenvalue weighted by atomic mass is 10.6. The molecule has 0 heterocycles. The minimum atomic E-state index is -4.06. The second kappa shape index (κ2) is 4.34. The van der Waals surface area contributed by atoms with Crippen molar-refractivity contribution < 1.29 is 13.2 Å². The lowest BCUT2D eigenvalue weighted by Crippen LogP contribution is -2.14. The molecule has 0 aromatic rings. The number of hydrogen-bond acceptors (Lipinski definition) is 1. The van der Waals surface area contributed by atoms with Gasteiger partial charge in [-0.2, -0.15) is 13.2 Å². The first kappa shape index (κ1) is 10.4. The van der Waals surface area contributed by atoms with Gasteiger partial charge in [-0.15, -0.1) is 23.4 Å². The average molecular weight is 193 g/mol. The van der Waals surface area contributed by atoms with Crippen molar-refractivity contribution in [2.45, 2.75) is 18.3 Å². The van der Waals surface area contributed by atoms with Gasteiger partial charge in [-0.25, -0.2) is 0 Å². The van der Waals surface area contributed by atoms with E-state index in [-0.39, 0.29) is 11.1 Å². The highest BCUT2D eigenvalue weighted by Gasteiger charge is 2.27. The average Bonchev–Trinajstić information content (AvgIpc) is 1.81. The van der Waals surface area contributed by atoms with E-state index in [0.717, 1.165) is 11.8 Å². The number of hydrogen-bond donors (Lipinski definition) is 0. The molecule has 0 aliphatic carbocycles. The molecule has 0 aromatic carbocycles. The van der Waals surface area contributed by atoms with E-state index in [1.807, 2.05) is 0 Å².